The lowest BCUT2D eigenvalue weighted by molar-refractivity contribution is 0.455. The van der Waals surface area contributed by atoms with Crippen LogP contribution in [0.3, 0.4) is 0 Å². The van der Waals surface area contributed by atoms with Crippen LogP contribution in [-0.2, 0) is 16.3 Å². The molecule has 2 N–H and O–H groups in total. The molecule has 0 saturated carbocycles. The van der Waals surface area contributed by atoms with Crippen molar-refractivity contribution >= 4 is 21.2 Å². The third-order valence-electron chi connectivity index (χ3n) is 6.54. The first-order valence-electron chi connectivity index (χ1n) is 12.2. The van der Waals surface area contributed by atoms with E-state index in [4.69, 9.17) is 0 Å². The molecule has 37 heavy (non-hydrogen) atoms. The number of aromatic hydroxyl groups is 1. The van der Waals surface area contributed by atoms with Crippen molar-refractivity contribution in [1.29, 1.82) is 0 Å². The normalized spacial score (nSPS) is 11.5. The zero-order chi connectivity index (χ0) is 26.7. The third kappa shape index (κ3) is 5.02. The second-order valence-corrected chi connectivity index (χ2v) is 11.0. The van der Waals surface area contributed by atoms with Crippen molar-refractivity contribution in [3.05, 3.63) is 94.2 Å². The van der Waals surface area contributed by atoms with Gasteiger partial charge in [0.15, 0.2) is 10.6 Å². The van der Waals surface area contributed by atoms with Gasteiger partial charge in [0.05, 0.1) is 4.90 Å². The molecule has 2 aromatic carbocycles. The summed E-state index contributed by atoms with van der Waals surface area (Å²) in [5.41, 5.74) is 4.19. The number of nitrogens with one attached hydrogen (secondary N) is 1. The molecule has 0 saturated heterocycles. The summed E-state index contributed by atoms with van der Waals surface area (Å²) in [6.07, 6.45) is 3.83. The Labute approximate surface area is 217 Å². The Balaban J connectivity index is 1.86. The van der Waals surface area contributed by atoms with Crippen LogP contribution < -0.4 is 10.5 Å². The van der Waals surface area contributed by atoms with Gasteiger partial charge in [0.25, 0.3) is 5.56 Å². The fourth-order valence-corrected chi connectivity index (χ4v) is 5.91. The first-order chi connectivity index (χ1) is 17.7. The molecule has 0 unspecified atom stereocenters. The summed E-state index contributed by atoms with van der Waals surface area (Å²) in [4.78, 5) is 21.2. The Morgan fingerprint density at radius 1 is 1.00 bits per heavy atom. The van der Waals surface area contributed by atoms with Gasteiger partial charge in [-0.1, -0.05) is 49.7 Å². The van der Waals surface area contributed by atoms with Crippen LogP contribution >= 0.6 is 0 Å². The summed E-state index contributed by atoms with van der Waals surface area (Å²) in [5.74, 6) is -0.548. The van der Waals surface area contributed by atoms with Gasteiger partial charge in [-0.25, -0.2) is 8.42 Å². The predicted octanol–water partition coefficient (Wildman–Crippen LogP) is 5.70. The van der Waals surface area contributed by atoms with E-state index >= 15 is 0 Å². The number of aromatic amines is 1. The fourth-order valence-electron chi connectivity index (χ4n) is 4.54. The number of hydrogen-bond acceptors (Lipinski definition) is 6. The van der Waals surface area contributed by atoms with E-state index in [9.17, 15) is 18.3 Å². The molecule has 2 heterocycles. The third-order valence-corrected chi connectivity index (χ3v) is 8.35. The van der Waals surface area contributed by atoms with E-state index in [1.165, 1.54) is 12.1 Å². The molecule has 0 amide bonds. The van der Waals surface area contributed by atoms with Gasteiger partial charge in [-0.3, -0.25) is 9.78 Å². The predicted molar refractivity (Wildman–Crippen MR) is 146 cm³/mol. The highest BCUT2D eigenvalue weighted by Crippen LogP contribution is 2.40. The molecular weight excluding hydrogens is 486 g/mol. The van der Waals surface area contributed by atoms with E-state index in [0.717, 1.165) is 40.9 Å². The van der Waals surface area contributed by atoms with E-state index in [0.29, 0.717) is 12.1 Å². The van der Waals surface area contributed by atoms with Gasteiger partial charge >= 0.3 is 0 Å². The summed E-state index contributed by atoms with van der Waals surface area (Å²) in [6, 6.07) is 17.6. The first-order valence-corrected chi connectivity index (χ1v) is 13.7. The molecule has 192 valence electrons. The average molecular weight is 518 g/mol. The maximum Gasteiger partial charge on any atom is 0.271 e. The Kier molecular flexibility index (Phi) is 7.50. The van der Waals surface area contributed by atoms with E-state index in [2.05, 4.69) is 9.97 Å². The maximum absolute atomic E-state index is 13.7. The zero-order valence-electron chi connectivity index (χ0n) is 21.4. The van der Waals surface area contributed by atoms with Gasteiger partial charge in [0.2, 0.25) is 9.84 Å². The number of aromatic nitrogens is 2. The molecule has 4 aromatic rings. The number of H-pyrrole nitrogens is 1. The fraction of sp³-hybridized carbons (Fsp3) is 0.241. The van der Waals surface area contributed by atoms with Crippen LogP contribution in [0.25, 0.3) is 11.1 Å². The molecule has 0 aliphatic rings. The average Bonchev–Trinajstić information content (AvgIpc) is 2.87. The highest BCUT2D eigenvalue weighted by atomic mass is 32.2. The van der Waals surface area contributed by atoms with E-state index in [1.807, 2.05) is 57.2 Å². The molecule has 0 spiro atoms. The molecule has 0 aliphatic heterocycles. The molecule has 0 fully saturated rings. The highest BCUT2D eigenvalue weighted by molar-refractivity contribution is 7.91. The summed E-state index contributed by atoms with van der Waals surface area (Å²) in [7, 11) is -2.57. The van der Waals surface area contributed by atoms with Gasteiger partial charge < -0.3 is 15.0 Å². The van der Waals surface area contributed by atoms with E-state index in [-0.39, 0.29) is 10.6 Å². The quantitative estimate of drug-likeness (QED) is 0.311. The monoisotopic (exact) mass is 517 g/mol. The second kappa shape index (κ2) is 10.6. The number of sulfone groups is 1. The molecule has 2 aromatic heterocycles. The smallest absolute Gasteiger partial charge is 0.271 e. The minimum absolute atomic E-state index is 0.0793. The Hall–Kier alpha value is -3.91. The molecule has 4 rings (SSSR count). The summed E-state index contributed by atoms with van der Waals surface area (Å²) < 4.78 is 27.4. The second-order valence-electron chi connectivity index (χ2n) is 9.07. The number of anilines is 2. The van der Waals surface area contributed by atoms with Gasteiger partial charge in [0.1, 0.15) is 5.69 Å². The van der Waals surface area contributed by atoms with Crippen LogP contribution in [0.4, 0.5) is 11.4 Å². The number of nitrogens with zero attached hydrogens (tertiary/aromatic N) is 2. The maximum atomic E-state index is 13.7. The van der Waals surface area contributed by atoms with Crippen LogP contribution in [0, 0.1) is 13.8 Å². The van der Waals surface area contributed by atoms with Crippen molar-refractivity contribution in [2.45, 2.75) is 49.8 Å². The summed E-state index contributed by atoms with van der Waals surface area (Å²) in [5, 5.41) is 11.4. The topological polar surface area (TPSA) is 103 Å². The highest BCUT2D eigenvalue weighted by Gasteiger charge is 2.31. The van der Waals surface area contributed by atoms with Crippen LogP contribution in [-0.4, -0.2) is 30.5 Å². The zero-order valence-corrected chi connectivity index (χ0v) is 22.3. The molecule has 0 radical (unpaired) electrons. The van der Waals surface area contributed by atoms with Crippen molar-refractivity contribution in [2.24, 2.45) is 0 Å². The Morgan fingerprint density at radius 2 is 1.70 bits per heavy atom. The Bertz CT molecular complexity index is 1590. The largest absolute Gasteiger partial charge is 0.504 e. The van der Waals surface area contributed by atoms with Gasteiger partial charge in [-0.05, 0) is 62.1 Å². The number of aryl methyl sites for hydroxylation is 3. The van der Waals surface area contributed by atoms with Crippen molar-refractivity contribution in [1.82, 2.24) is 9.97 Å². The van der Waals surface area contributed by atoms with Gasteiger partial charge in [-0.2, -0.15) is 0 Å². The van der Waals surface area contributed by atoms with Crippen molar-refractivity contribution in [3.8, 4) is 16.9 Å². The van der Waals surface area contributed by atoms with Crippen molar-refractivity contribution < 1.29 is 13.5 Å². The lowest BCUT2D eigenvalue weighted by Crippen LogP contribution is -2.24. The van der Waals surface area contributed by atoms with Crippen LogP contribution in [0.15, 0.2) is 81.4 Å². The lowest BCUT2D eigenvalue weighted by Gasteiger charge is -2.26. The lowest BCUT2D eigenvalue weighted by atomic mass is 10.1. The molecule has 0 aliphatic carbocycles. The number of benzene rings is 2. The minimum atomic E-state index is -4.33. The number of hydrogen-bond donors (Lipinski definition) is 2. The summed E-state index contributed by atoms with van der Waals surface area (Å²) in [6.45, 7) is 5.84. The SMILES string of the molecule is CCCCc1[nH]c(=O)c(S(=O)(=O)c2ccc(-c3cccnc3C)cc2)c(O)c1N(C)c1ccccc1C. The molecule has 0 atom stereocenters. The van der Waals surface area contributed by atoms with Crippen LogP contribution in [0.1, 0.15) is 36.7 Å². The van der Waals surface area contributed by atoms with E-state index in [1.54, 1.807) is 30.3 Å². The first kappa shape index (κ1) is 26.2. The number of rotatable bonds is 8. The minimum Gasteiger partial charge on any atom is -0.504 e. The van der Waals surface area contributed by atoms with Gasteiger partial charge in [-0.15, -0.1) is 0 Å². The van der Waals surface area contributed by atoms with Crippen molar-refractivity contribution in [3.63, 3.8) is 0 Å². The molecular formula is C29H31N3O4S. The molecule has 8 heteroatoms. The molecule has 7 nitrogen and oxygen atoms in total. The number of unbranched alkanes of at least 4 members (excludes halogenated alkanes) is 1. The standard InChI is InChI=1S/C29H31N3O4S/c1-5-6-12-24-26(32(4)25-13-8-7-10-19(25)2)27(33)28(29(34)31-24)37(35,36)22-16-14-21(15-17-22)23-11-9-18-30-20(23)3/h7-11,13-18H,5-6,12H2,1-4H3,(H2,31,33,34). The summed E-state index contributed by atoms with van der Waals surface area (Å²) >= 11 is 0. The number of pyridine rings is 2. The number of para-hydroxylation sites is 1. The van der Waals surface area contributed by atoms with Crippen LogP contribution in [0.2, 0.25) is 0 Å². The van der Waals surface area contributed by atoms with Crippen LogP contribution in [0.5, 0.6) is 5.75 Å². The van der Waals surface area contributed by atoms with Gasteiger partial charge in [0, 0.05) is 35.9 Å². The van der Waals surface area contributed by atoms with E-state index < -0.39 is 26.0 Å². The van der Waals surface area contributed by atoms with Crippen molar-refractivity contribution in [2.75, 3.05) is 11.9 Å². The molecule has 0 bridgehead atoms. The Morgan fingerprint density at radius 3 is 2.35 bits per heavy atom.